The molecule has 2 aromatic carbocycles. The third-order valence-electron chi connectivity index (χ3n) is 5.34. The van der Waals surface area contributed by atoms with Gasteiger partial charge in [-0.2, -0.15) is 18.4 Å². The highest BCUT2D eigenvalue weighted by Crippen LogP contribution is 2.31. The van der Waals surface area contributed by atoms with E-state index in [1.165, 1.54) is 12.1 Å². The number of aryl methyl sites for hydroxylation is 2. The van der Waals surface area contributed by atoms with Crippen LogP contribution in [0.25, 0.3) is 0 Å². The Bertz CT molecular complexity index is 1360. The summed E-state index contributed by atoms with van der Waals surface area (Å²) in [6, 6.07) is 11.2. The number of benzene rings is 2. The van der Waals surface area contributed by atoms with Crippen LogP contribution in [0.2, 0.25) is 10.0 Å². The molecule has 0 radical (unpaired) electrons. The summed E-state index contributed by atoms with van der Waals surface area (Å²) in [7, 11) is -3.83. The van der Waals surface area contributed by atoms with Gasteiger partial charge in [0.05, 0.1) is 21.3 Å². The van der Waals surface area contributed by atoms with E-state index < -0.39 is 15.9 Å². The fourth-order valence-electron chi connectivity index (χ4n) is 3.65. The Morgan fingerprint density at radius 1 is 1.06 bits per heavy atom. The van der Waals surface area contributed by atoms with Crippen molar-refractivity contribution in [3.05, 3.63) is 80.7 Å². The number of furan rings is 1. The number of carbonyl (C=O) groups is 1. The van der Waals surface area contributed by atoms with Crippen LogP contribution in [0, 0.1) is 13.8 Å². The number of halogens is 2. The number of rotatable bonds is 5. The SMILES string of the molecule is Cc1ccc(S(=O)(=O)N/N=C2\CCCc3oc(C(=O)Nc4cc(Cl)ccc4Cl)c(C)c32)cc1. The number of hydrazone groups is 1. The molecule has 172 valence electrons. The van der Waals surface area contributed by atoms with Crippen molar-refractivity contribution in [1.29, 1.82) is 0 Å². The Morgan fingerprint density at radius 2 is 1.79 bits per heavy atom. The van der Waals surface area contributed by atoms with E-state index in [2.05, 4.69) is 15.2 Å². The zero-order chi connectivity index (χ0) is 23.8. The highest BCUT2D eigenvalue weighted by molar-refractivity contribution is 7.89. The average molecular weight is 506 g/mol. The molecule has 7 nitrogen and oxygen atoms in total. The Hall–Kier alpha value is -2.81. The second-order valence-corrected chi connectivity index (χ2v) is 10.3. The quantitative estimate of drug-likeness (QED) is 0.448. The smallest absolute Gasteiger partial charge is 0.291 e. The van der Waals surface area contributed by atoms with Gasteiger partial charge >= 0.3 is 0 Å². The zero-order valence-corrected chi connectivity index (χ0v) is 20.2. The molecule has 0 fully saturated rings. The Balaban J connectivity index is 1.61. The van der Waals surface area contributed by atoms with Gasteiger partial charge in [-0.05, 0) is 57.0 Å². The van der Waals surface area contributed by atoms with E-state index in [0.717, 1.165) is 5.56 Å². The van der Waals surface area contributed by atoms with E-state index in [1.54, 1.807) is 37.3 Å². The van der Waals surface area contributed by atoms with Gasteiger partial charge in [-0.1, -0.05) is 40.9 Å². The zero-order valence-electron chi connectivity index (χ0n) is 17.9. The largest absolute Gasteiger partial charge is 0.455 e. The molecule has 0 unspecified atom stereocenters. The summed E-state index contributed by atoms with van der Waals surface area (Å²) in [5.41, 5.74) is 3.07. The van der Waals surface area contributed by atoms with Crippen LogP contribution in [0.4, 0.5) is 5.69 Å². The Labute approximate surface area is 201 Å². The van der Waals surface area contributed by atoms with Crippen LogP contribution in [-0.4, -0.2) is 20.0 Å². The van der Waals surface area contributed by atoms with Crippen LogP contribution in [-0.2, 0) is 16.4 Å². The molecule has 4 rings (SSSR count). The van der Waals surface area contributed by atoms with E-state index in [1.807, 2.05) is 6.92 Å². The van der Waals surface area contributed by atoms with E-state index in [0.29, 0.717) is 57.6 Å². The number of hydrogen-bond acceptors (Lipinski definition) is 5. The third kappa shape index (κ3) is 4.93. The predicted octanol–water partition coefficient (Wildman–Crippen LogP) is 5.47. The Kier molecular flexibility index (Phi) is 6.52. The molecule has 0 saturated heterocycles. The van der Waals surface area contributed by atoms with Gasteiger partial charge in [0, 0.05) is 22.6 Å². The molecular formula is C23H21Cl2N3O4S. The second-order valence-electron chi connectivity index (χ2n) is 7.75. The summed E-state index contributed by atoms with van der Waals surface area (Å²) in [4.78, 5) is 15.3. The van der Waals surface area contributed by atoms with Gasteiger partial charge in [-0.3, -0.25) is 4.79 Å². The van der Waals surface area contributed by atoms with Crippen molar-refractivity contribution >= 4 is 50.5 Å². The molecule has 3 aromatic rings. The number of amides is 1. The van der Waals surface area contributed by atoms with Crippen LogP contribution in [0.15, 0.2) is 56.9 Å². The van der Waals surface area contributed by atoms with E-state index >= 15 is 0 Å². The molecule has 1 aliphatic rings. The number of nitrogens with zero attached hydrogens (tertiary/aromatic N) is 1. The van der Waals surface area contributed by atoms with Crippen molar-refractivity contribution in [1.82, 2.24) is 4.83 Å². The molecule has 0 atom stereocenters. The minimum Gasteiger partial charge on any atom is -0.455 e. The maximum absolute atomic E-state index is 12.9. The number of sulfonamides is 1. The molecule has 1 aliphatic carbocycles. The van der Waals surface area contributed by atoms with Gasteiger partial charge in [-0.15, -0.1) is 0 Å². The lowest BCUT2D eigenvalue weighted by Crippen LogP contribution is -2.22. The van der Waals surface area contributed by atoms with Crippen LogP contribution in [0.5, 0.6) is 0 Å². The lowest BCUT2D eigenvalue weighted by molar-refractivity contribution is 0.0994. The van der Waals surface area contributed by atoms with E-state index in [9.17, 15) is 13.2 Å². The summed E-state index contributed by atoms with van der Waals surface area (Å²) in [6.07, 6.45) is 1.88. The Morgan fingerprint density at radius 3 is 2.52 bits per heavy atom. The fourth-order valence-corrected chi connectivity index (χ4v) is 4.82. The first-order valence-electron chi connectivity index (χ1n) is 10.2. The number of carbonyl (C=O) groups excluding carboxylic acids is 1. The maximum Gasteiger partial charge on any atom is 0.291 e. The highest BCUT2D eigenvalue weighted by atomic mass is 35.5. The first-order valence-corrected chi connectivity index (χ1v) is 12.4. The van der Waals surface area contributed by atoms with Gasteiger partial charge in [0.15, 0.2) is 5.76 Å². The van der Waals surface area contributed by atoms with Crippen molar-refractivity contribution in [3.63, 3.8) is 0 Å². The highest BCUT2D eigenvalue weighted by Gasteiger charge is 2.28. The monoisotopic (exact) mass is 505 g/mol. The van der Waals surface area contributed by atoms with Crippen molar-refractivity contribution in [3.8, 4) is 0 Å². The minimum absolute atomic E-state index is 0.118. The van der Waals surface area contributed by atoms with Crippen molar-refractivity contribution in [2.24, 2.45) is 5.10 Å². The molecule has 10 heteroatoms. The molecule has 0 saturated carbocycles. The van der Waals surface area contributed by atoms with Gasteiger partial charge in [0.1, 0.15) is 5.76 Å². The average Bonchev–Trinajstić information content (AvgIpc) is 3.12. The van der Waals surface area contributed by atoms with Crippen LogP contribution in [0.1, 0.15) is 45.8 Å². The third-order valence-corrected chi connectivity index (χ3v) is 7.13. The summed E-state index contributed by atoms with van der Waals surface area (Å²) in [5, 5.41) is 7.67. The standard InChI is InChI=1S/C23H21Cl2N3O4S/c1-13-6-9-16(10-7-13)33(30,31)28-27-18-4-3-5-20-21(18)14(2)22(32-20)23(29)26-19-12-15(24)8-11-17(19)25/h6-12,28H,3-5H2,1-2H3,(H,26,29)/b27-18+. The summed E-state index contributed by atoms with van der Waals surface area (Å²) >= 11 is 12.1. The summed E-state index contributed by atoms with van der Waals surface area (Å²) in [6.45, 7) is 3.62. The predicted molar refractivity (Wildman–Crippen MR) is 129 cm³/mol. The van der Waals surface area contributed by atoms with Crippen LogP contribution in [0.3, 0.4) is 0 Å². The molecular weight excluding hydrogens is 485 g/mol. The number of fused-ring (bicyclic) bond motifs is 1. The van der Waals surface area contributed by atoms with Gasteiger partial charge in [-0.25, -0.2) is 0 Å². The molecule has 0 aliphatic heterocycles. The molecule has 2 N–H and O–H groups in total. The topological polar surface area (TPSA) is 101 Å². The molecule has 1 aromatic heterocycles. The van der Waals surface area contributed by atoms with Crippen molar-refractivity contribution in [2.75, 3.05) is 5.32 Å². The summed E-state index contributed by atoms with van der Waals surface area (Å²) in [5.74, 6) is 0.229. The van der Waals surface area contributed by atoms with Crippen molar-refractivity contribution in [2.45, 2.75) is 38.0 Å². The van der Waals surface area contributed by atoms with Crippen LogP contribution >= 0.6 is 23.2 Å². The lowest BCUT2D eigenvalue weighted by atomic mass is 9.93. The fraction of sp³-hybridized carbons (Fsp3) is 0.217. The first-order chi connectivity index (χ1) is 15.7. The minimum atomic E-state index is -3.83. The number of hydrogen-bond donors (Lipinski definition) is 2. The van der Waals surface area contributed by atoms with Gasteiger partial charge in [0.25, 0.3) is 15.9 Å². The van der Waals surface area contributed by atoms with E-state index in [-0.39, 0.29) is 10.7 Å². The first kappa shape index (κ1) is 23.4. The lowest BCUT2D eigenvalue weighted by Gasteiger charge is -2.14. The number of anilines is 1. The van der Waals surface area contributed by atoms with E-state index in [4.69, 9.17) is 27.6 Å². The molecule has 1 heterocycles. The second kappa shape index (κ2) is 9.21. The molecule has 33 heavy (non-hydrogen) atoms. The van der Waals surface area contributed by atoms with Gasteiger partial charge < -0.3 is 9.73 Å². The molecule has 0 bridgehead atoms. The van der Waals surface area contributed by atoms with Gasteiger partial charge in [0.2, 0.25) is 0 Å². The number of nitrogens with one attached hydrogen (secondary N) is 2. The van der Waals surface area contributed by atoms with Crippen molar-refractivity contribution < 1.29 is 17.6 Å². The summed E-state index contributed by atoms with van der Waals surface area (Å²) < 4.78 is 31.1. The van der Waals surface area contributed by atoms with Crippen LogP contribution < -0.4 is 10.1 Å². The molecule has 1 amide bonds. The normalized spacial score (nSPS) is 14.7. The maximum atomic E-state index is 12.9. The molecule has 0 spiro atoms.